The molecule has 0 saturated heterocycles. The number of carbonyl (C=O) groups excluding carboxylic acids is 2. The van der Waals surface area contributed by atoms with Crippen molar-refractivity contribution in [3.8, 4) is 0 Å². The first-order valence-corrected chi connectivity index (χ1v) is 13.8. The summed E-state index contributed by atoms with van der Waals surface area (Å²) in [6, 6.07) is 36.9. The van der Waals surface area contributed by atoms with Gasteiger partial charge in [0.2, 0.25) is 0 Å². The highest BCUT2D eigenvalue weighted by atomic mass is 16.1. The molecule has 2 heterocycles. The fourth-order valence-electron chi connectivity index (χ4n) is 5.29. The molecule has 0 N–H and O–H groups in total. The van der Waals surface area contributed by atoms with Gasteiger partial charge in [0.25, 0.3) is 0 Å². The van der Waals surface area contributed by atoms with Crippen molar-refractivity contribution < 1.29 is 9.59 Å². The molecule has 6 aromatic rings. The Labute approximate surface area is 239 Å². The van der Waals surface area contributed by atoms with Crippen molar-refractivity contribution in [3.05, 3.63) is 156 Å². The van der Waals surface area contributed by atoms with Crippen LogP contribution in [0.1, 0.15) is 28.7 Å². The summed E-state index contributed by atoms with van der Waals surface area (Å²) in [7, 11) is 0. The molecule has 200 valence electrons. The zero-order valence-corrected chi connectivity index (χ0v) is 22.7. The highest BCUT2D eigenvalue weighted by Gasteiger charge is 2.10. The van der Waals surface area contributed by atoms with E-state index >= 15 is 0 Å². The van der Waals surface area contributed by atoms with Crippen molar-refractivity contribution in [1.82, 2.24) is 9.13 Å². The second-order valence-electron chi connectivity index (χ2n) is 10.2. The lowest BCUT2D eigenvalue weighted by molar-refractivity contribution is -0.121. The number of benzene rings is 4. The molecule has 0 aliphatic carbocycles. The van der Waals surface area contributed by atoms with Crippen molar-refractivity contribution in [2.45, 2.75) is 19.5 Å². The minimum Gasteiger partial charge on any atom is -0.342 e. The molecule has 0 amide bonds. The quantitative estimate of drug-likeness (QED) is 0.132. The van der Waals surface area contributed by atoms with Crippen LogP contribution in [0, 0.1) is 0 Å². The van der Waals surface area contributed by atoms with E-state index in [-0.39, 0.29) is 18.0 Å². The Morgan fingerprint density at radius 2 is 0.902 bits per heavy atom. The van der Waals surface area contributed by atoms with Gasteiger partial charge in [0, 0.05) is 58.4 Å². The van der Waals surface area contributed by atoms with Crippen molar-refractivity contribution in [2.75, 3.05) is 0 Å². The van der Waals surface area contributed by atoms with E-state index in [0.717, 1.165) is 46.0 Å². The van der Waals surface area contributed by atoms with Crippen LogP contribution in [0.15, 0.2) is 134 Å². The molecule has 0 radical (unpaired) electrons. The predicted molar refractivity (Wildman–Crippen MR) is 168 cm³/mol. The molecule has 4 nitrogen and oxygen atoms in total. The van der Waals surface area contributed by atoms with Crippen LogP contribution in [0.3, 0.4) is 0 Å². The molecule has 0 aliphatic heterocycles. The van der Waals surface area contributed by atoms with Gasteiger partial charge in [-0.05, 0) is 47.6 Å². The molecule has 2 aromatic heterocycles. The highest BCUT2D eigenvalue weighted by Crippen LogP contribution is 2.25. The number of nitrogens with zero attached hydrogens (tertiary/aromatic N) is 2. The zero-order valence-electron chi connectivity index (χ0n) is 22.7. The Bertz CT molecular complexity index is 1750. The van der Waals surface area contributed by atoms with Crippen molar-refractivity contribution in [1.29, 1.82) is 0 Å². The monoisotopic (exact) mass is 534 g/mol. The van der Waals surface area contributed by atoms with E-state index in [2.05, 4.69) is 70.1 Å². The number of hydrogen-bond donors (Lipinski definition) is 0. The van der Waals surface area contributed by atoms with Gasteiger partial charge in [0.05, 0.1) is 6.42 Å². The minimum atomic E-state index is -0.217. The topological polar surface area (TPSA) is 44.0 Å². The normalized spacial score (nSPS) is 11.7. The molecule has 6 rings (SSSR count). The van der Waals surface area contributed by atoms with Crippen LogP contribution in [0.25, 0.3) is 34.0 Å². The summed E-state index contributed by atoms with van der Waals surface area (Å²) in [6.07, 6.45) is 10.6. The standard InChI is InChI=1S/C37H30N2O2/c40-32(21-19-30-26-38(24-28-11-3-1-4-12-28)36-17-9-7-15-34(30)36)23-33(41)22-20-31-27-39(25-29-13-5-2-6-14-29)37-18-10-8-16-35(31)37/h1-22,26-27H,23-25H2/b21-19+,22-20+. The summed E-state index contributed by atoms with van der Waals surface area (Å²) in [6.45, 7) is 1.49. The van der Waals surface area contributed by atoms with Gasteiger partial charge in [0.1, 0.15) is 0 Å². The molecule has 0 saturated carbocycles. The third-order valence-corrected chi connectivity index (χ3v) is 7.28. The van der Waals surface area contributed by atoms with Crippen LogP contribution in [0.4, 0.5) is 0 Å². The number of rotatable bonds is 10. The van der Waals surface area contributed by atoms with Crippen molar-refractivity contribution in [2.24, 2.45) is 0 Å². The fourth-order valence-corrected chi connectivity index (χ4v) is 5.29. The first-order valence-electron chi connectivity index (χ1n) is 13.8. The molecule has 4 heteroatoms. The van der Waals surface area contributed by atoms with Crippen LogP contribution in [-0.4, -0.2) is 20.7 Å². The van der Waals surface area contributed by atoms with Crippen LogP contribution < -0.4 is 0 Å². The summed E-state index contributed by atoms with van der Waals surface area (Å²) in [5.74, 6) is -0.433. The van der Waals surface area contributed by atoms with Crippen LogP contribution in [0.5, 0.6) is 0 Å². The first kappa shape index (κ1) is 26.0. The van der Waals surface area contributed by atoms with Gasteiger partial charge >= 0.3 is 0 Å². The molecule has 0 atom stereocenters. The maximum absolute atomic E-state index is 12.7. The summed E-state index contributed by atoms with van der Waals surface area (Å²) in [5.41, 5.74) is 6.54. The molecule has 0 spiro atoms. The molecule has 41 heavy (non-hydrogen) atoms. The number of allylic oxidation sites excluding steroid dienone is 2. The Kier molecular flexibility index (Phi) is 7.55. The average Bonchev–Trinajstić information content (AvgIpc) is 3.54. The molecule has 0 bridgehead atoms. The first-order chi connectivity index (χ1) is 20.1. The lowest BCUT2D eigenvalue weighted by atomic mass is 10.1. The Morgan fingerprint density at radius 3 is 1.34 bits per heavy atom. The average molecular weight is 535 g/mol. The maximum atomic E-state index is 12.7. The summed E-state index contributed by atoms with van der Waals surface area (Å²) in [5, 5.41) is 2.15. The van der Waals surface area contributed by atoms with Gasteiger partial charge in [-0.3, -0.25) is 9.59 Å². The lowest BCUT2D eigenvalue weighted by Gasteiger charge is -2.05. The van der Waals surface area contributed by atoms with Crippen LogP contribution in [0.2, 0.25) is 0 Å². The molecule has 0 unspecified atom stereocenters. The number of hydrogen-bond acceptors (Lipinski definition) is 2. The number of aromatic nitrogens is 2. The van der Waals surface area contributed by atoms with Gasteiger partial charge in [-0.15, -0.1) is 0 Å². The van der Waals surface area contributed by atoms with Gasteiger partial charge in [-0.25, -0.2) is 0 Å². The van der Waals surface area contributed by atoms with E-state index < -0.39 is 0 Å². The Balaban J connectivity index is 1.15. The van der Waals surface area contributed by atoms with Gasteiger partial charge in [-0.1, -0.05) is 97.1 Å². The summed E-state index contributed by atoms with van der Waals surface area (Å²) >= 11 is 0. The number of carbonyl (C=O) groups is 2. The smallest absolute Gasteiger partial charge is 0.163 e. The molecule has 0 aliphatic rings. The van der Waals surface area contributed by atoms with E-state index in [4.69, 9.17) is 0 Å². The predicted octanol–water partition coefficient (Wildman–Crippen LogP) is 7.95. The number of fused-ring (bicyclic) bond motifs is 2. The lowest BCUT2D eigenvalue weighted by Crippen LogP contribution is -2.01. The van der Waals surface area contributed by atoms with E-state index in [1.807, 2.05) is 72.8 Å². The molecule has 0 fully saturated rings. The van der Waals surface area contributed by atoms with Gasteiger partial charge < -0.3 is 9.13 Å². The van der Waals surface area contributed by atoms with Gasteiger partial charge in [-0.2, -0.15) is 0 Å². The van der Waals surface area contributed by atoms with Crippen LogP contribution in [-0.2, 0) is 22.7 Å². The SMILES string of the molecule is O=C(/C=C/c1cn(Cc2ccccc2)c2ccccc12)CC(=O)/C=C/c1cn(Cc2ccccc2)c2ccccc12. The second-order valence-corrected chi connectivity index (χ2v) is 10.2. The fraction of sp³-hybridized carbons (Fsp3) is 0.0811. The van der Waals surface area contributed by atoms with E-state index in [9.17, 15) is 9.59 Å². The number of ketones is 2. The highest BCUT2D eigenvalue weighted by molar-refractivity contribution is 6.11. The maximum Gasteiger partial charge on any atom is 0.163 e. The van der Waals surface area contributed by atoms with E-state index in [1.165, 1.54) is 23.3 Å². The Morgan fingerprint density at radius 1 is 0.512 bits per heavy atom. The zero-order chi connectivity index (χ0) is 28.0. The summed E-state index contributed by atoms with van der Waals surface area (Å²) in [4.78, 5) is 25.5. The largest absolute Gasteiger partial charge is 0.342 e. The molecular weight excluding hydrogens is 504 g/mol. The third kappa shape index (κ3) is 6.02. The Hall–Kier alpha value is -5.22. The third-order valence-electron chi connectivity index (χ3n) is 7.28. The van der Waals surface area contributed by atoms with E-state index in [1.54, 1.807) is 0 Å². The minimum absolute atomic E-state index is 0.168. The van der Waals surface area contributed by atoms with Crippen molar-refractivity contribution >= 4 is 45.5 Å². The summed E-state index contributed by atoms with van der Waals surface area (Å²) < 4.78 is 4.38. The van der Waals surface area contributed by atoms with Gasteiger partial charge in [0.15, 0.2) is 11.6 Å². The second kappa shape index (κ2) is 11.9. The molecular formula is C37H30N2O2. The van der Waals surface area contributed by atoms with Crippen LogP contribution >= 0.6 is 0 Å². The van der Waals surface area contributed by atoms with Crippen molar-refractivity contribution in [3.63, 3.8) is 0 Å². The molecule has 4 aromatic carbocycles. The number of para-hydroxylation sites is 2. The van der Waals surface area contributed by atoms with E-state index in [0.29, 0.717) is 0 Å².